The second kappa shape index (κ2) is 11.9. The maximum Gasteiger partial charge on any atom is 0.263 e. The summed E-state index contributed by atoms with van der Waals surface area (Å²) >= 11 is 0. The van der Waals surface area contributed by atoms with E-state index in [1.54, 1.807) is 42.5 Å². The predicted molar refractivity (Wildman–Crippen MR) is 152 cm³/mol. The number of aliphatic hydroxyl groups is 1. The van der Waals surface area contributed by atoms with Gasteiger partial charge in [-0.05, 0) is 36.4 Å². The van der Waals surface area contributed by atoms with E-state index in [0.29, 0.717) is 42.3 Å². The Kier molecular flexibility index (Phi) is 7.95. The quantitative estimate of drug-likeness (QED) is 0.237. The van der Waals surface area contributed by atoms with Gasteiger partial charge in [-0.3, -0.25) is 19.5 Å². The maximum absolute atomic E-state index is 15.2. The van der Waals surface area contributed by atoms with Gasteiger partial charge in [0.25, 0.3) is 5.56 Å². The lowest BCUT2D eigenvalue weighted by molar-refractivity contribution is -0.111. The van der Waals surface area contributed by atoms with Crippen LogP contribution < -0.4 is 21.1 Å². The topological polar surface area (TPSA) is 163 Å². The molecule has 1 aliphatic rings. The van der Waals surface area contributed by atoms with Crippen LogP contribution in [0.2, 0.25) is 0 Å². The summed E-state index contributed by atoms with van der Waals surface area (Å²) in [6.07, 6.45) is 1.13. The highest BCUT2D eigenvalue weighted by Gasteiger charge is 2.20. The number of aromatic amines is 1. The summed E-state index contributed by atoms with van der Waals surface area (Å²) in [6, 6.07) is 13.2. The monoisotopic (exact) mass is 555 g/mol. The lowest BCUT2D eigenvalue weighted by atomic mass is 10.1. The molecule has 1 amide bonds. The third kappa shape index (κ3) is 6.03. The highest BCUT2D eigenvalue weighted by atomic mass is 19.1. The Bertz CT molecular complexity index is 1730. The molecule has 208 valence electrons. The van der Waals surface area contributed by atoms with Crippen molar-refractivity contribution in [3.63, 3.8) is 0 Å². The van der Waals surface area contributed by atoms with Crippen LogP contribution in [0, 0.1) is 17.1 Å². The number of carbonyl (C=O) groups is 1. The number of nitriles is 1. The van der Waals surface area contributed by atoms with Crippen molar-refractivity contribution in [2.24, 2.45) is 0 Å². The molecule has 2 aromatic carbocycles. The number of aromatic nitrogens is 4. The van der Waals surface area contributed by atoms with E-state index in [0.717, 1.165) is 19.2 Å². The van der Waals surface area contributed by atoms with Crippen LogP contribution in [-0.2, 0) is 4.79 Å². The largest absolute Gasteiger partial charge is 0.395 e. The number of fused-ring (bicyclic) bond motifs is 1. The Morgan fingerprint density at radius 1 is 1.15 bits per heavy atom. The smallest absolute Gasteiger partial charge is 0.263 e. The highest BCUT2D eigenvalue weighted by Crippen LogP contribution is 2.29. The predicted octanol–water partition coefficient (Wildman–Crippen LogP) is 2.37. The number of nitrogens with zero attached hydrogens (tertiary/aromatic N) is 6. The van der Waals surface area contributed by atoms with Gasteiger partial charge in [-0.15, -0.1) is 0 Å². The molecule has 3 heterocycles. The molecule has 0 radical (unpaired) electrons. The second-order valence-electron chi connectivity index (χ2n) is 9.24. The zero-order chi connectivity index (χ0) is 28.9. The number of nitrogens with one attached hydrogen (secondary N) is 3. The van der Waals surface area contributed by atoms with Crippen LogP contribution >= 0.6 is 0 Å². The van der Waals surface area contributed by atoms with E-state index in [9.17, 15) is 14.9 Å². The summed E-state index contributed by atoms with van der Waals surface area (Å²) in [5.74, 6) is -1.04. The Labute approximate surface area is 233 Å². The van der Waals surface area contributed by atoms with Gasteiger partial charge in [0, 0.05) is 49.7 Å². The van der Waals surface area contributed by atoms with E-state index in [1.165, 1.54) is 6.07 Å². The standard InChI is InChI=1S/C28H26FN9O3/c1-2-23(40)31-18-5-3-4-17(14-18)25-24-26(33-22(16-30)34-27(24)41)36-28(35-25)32-19-6-7-21(20(29)15-19)38-10-8-37(9-11-38)12-13-39/h2-7,14-15,39H,1,8-13H2,(H,31,40)(H2,32,33,34,35,36,41). The Balaban J connectivity index is 1.49. The zero-order valence-corrected chi connectivity index (χ0v) is 21.9. The molecule has 0 atom stereocenters. The van der Waals surface area contributed by atoms with Crippen molar-refractivity contribution in [1.29, 1.82) is 5.26 Å². The lowest BCUT2D eigenvalue weighted by Gasteiger charge is -2.36. The molecule has 0 unspecified atom stereocenters. The van der Waals surface area contributed by atoms with Gasteiger partial charge in [0.15, 0.2) is 5.65 Å². The summed E-state index contributed by atoms with van der Waals surface area (Å²) in [4.78, 5) is 44.2. The number of anilines is 4. The fourth-order valence-electron chi connectivity index (χ4n) is 4.62. The van der Waals surface area contributed by atoms with Crippen molar-refractivity contribution in [1.82, 2.24) is 24.8 Å². The third-order valence-corrected chi connectivity index (χ3v) is 6.59. The molecule has 2 aromatic heterocycles. The molecule has 1 saturated heterocycles. The first-order valence-corrected chi connectivity index (χ1v) is 12.8. The normalized spacial score (nSPS) is 13.5. The van der Waals surface area contributed by atoms with Crippen LogP contribution in [-0.4, -0.2) is 75.2 Å². The SMILES string of the molecule is C=CC(=O)Nc1cccc(-c2nc(Nc3ccc(N4CCN(CCO)CC4)c(F)c3)nc3nc(C#N)[nH]c(=O)c23)c1. The van der Waals surface area contributed by atoms with Crippen LogP contribution in [0.25, 0.3) is 22.3 Å². The van der Waals surface area contributed by atoms with Gasteiger partial charge >= 0.3 is 0 Å². The first kappa shape index (κ1) is 27.4. The van der Waals surface area contributed by atoms with Gasteiger partial charge in [-0.2, -0.15) is 15.2 Å². The molecule has 0 saturated carbocycles. The van der Waals surface area contributed by atoms with E-state index >= 15 is 4.39 Å². The fraction of sp³-hybridized carbons (Fsp3) is 0.214. The number of halogens is 1. The molecule has 5 rings (SSSR count). The third-order valence-electron chi connectivity index (χ3n) is 6.59. The zero-order valence-electron chi connectivity index (χ0n) is 21.9. The Morgan fingerprint density at radius 2 is 1.95 bits per heavy atom. The first-order chi connectivity index (χ1) is 19.9. The minimum absolute atomic E-state index is 0.0276. The van der Waals surface area contributed by atoms with E-state index in [-0.39, 0.29) is 35.1 Å². The molecule has 13 heteroatoms. The molecule has 0 aliphatic carbocycles. The van der Waals surface area contributed by atoms with E-state index in [4.69, 9.17) is 5.11 Å². The molecule has 12 nitrogen and oxygen atoms in total. The van der Waals surface area contributed by atoms with E-state index in [2.05, 4.69) is 42.0 Å². The van der Waals surface area contributed by atoms with Crippen LogP contribution in [0.3, 0.4) is 0 Å². The summed E-state index contributed by atoms with van der Waals surface area (Å²) in [5, 5.41) is 24.1. The molecule has 1 aliphatic heterocycles. The van der Waals surface area contributed by atoms with E-state index in [1.807, 2.05) is 4.90 Å². The average molecular weight is 556 g/mol. The number of H-pyrrole nitrogens is 1. The first-order valence-electron chi connectivity index (χ1n) is 12.8. The second-order valence-corrected chi connectivity index (χ2v) is 9.24. The maximum atomic E-state index is 15.2. The molecule has 41 heavy (non-hydrogen) atoms. The van der Waals surface area contributed by atoms with Crippen molar-refractivity contribution < 1.29 is 14.3 Å². The molecular weight excluding hydrogens is 529 g/mol. The van der Waals surface area contributed by atoms with Crippen LogP contribution in [0.5, 0.6) is 0 Å². The summed E-state index contributed by atoms with van der Waals surface area (Å²) in [7, 11) is 0. The summed E-state index contributed by atoms with van der Waals surface area (Å²) in [6.45, 7) is 6.85. The number of hydrogen-bond donors (Lipinski definition) is 4. The van der Waals surface area contributed by atoms with Crippen LogP contribution in [0.15, 0.2) is 59.9 Å². The number of piperazine rings is 1. The molecular formula is C28H26FN9O3. The molecule has 0 bridgehead atoms. The van der Waals surface area contributed by atoms with Gasteiger partial charge in [-0.1, -0.05) is 18.7 Å². The molecule has 0 spiro atoms. The minimum Gasteiger partial charge on any atom is -0.395 e. The average Bonchev–Trinajstić information content (AvgIpc) is 2.97. The van der Waals surface area contributed by atoms with Crippen molar-refractivity contribution in [3.05, 3.63) is 77.1 Å². The van der Waals surface area contributed by atoms with Gasteiger partial charge in [0.2, 0.25) is 17.7 Å². The van der Waals surface area contributed by atoms with E-state index < -0.39 is 17.3 Å². The minimum atomic E-state index is -0.608. The number of rotatable bonds is 8. The van der Waals surface area contributed by atoms with Crippen LogP contribution in [0.4, 0.5) is 27.4 Å². The summed E-state index contributed by atoms with van der Waals surface area (Å²) < 4.78 is 15.2. The number of carbonyl (C=O) groups excluding carboxylic acids is 1. The van der Waals surface area contributed by atoms with Crippen molar-refractivity contribution in [2.45, 2.75) is 0 Å². The number of aliphatic hydroxyl groups excluding tert-OH is 1. The van der Waals surface area contributed by atoms with Crippen LogP contribution in [0.1, 0.15) is 5.82 Å². The molecule has 4 N–H and O–H groups in total. The number of hydrogen-bond acceptors (Lipinski definition) is 10. The summed E-state index contributed by atoms with van der Waals surface area (Å²) in [5.41, 5.74) is 1.31. The number of amides is 1. The molecule has 1 fully saturated rings. The number of β-amino-alcohol motifs (C(OH)–C–C–N with tert-alkyl or cyclic N) is 1. The van der Waals surface area contributed by atoms with Gasteiger partial charge < -0.3 is 20.6 Å². The van der Waals surface area contributed by atoms with Gasteiger partial charge in [-0.25, -0.2) is 9.37 Å². The Morgan fingerprint density at radius 3 is 2.66 bits per heavy atom. The fourth-order valence-corrected chi connectivity index (χ4v) is 4.62. The Hall–Kier alpha value is -5.19. The molecule has 4 aromatic rings. The van der Waals surface area contributed by atoms with Gasteiger partial charge in [0.05, 0.1) is 18.0 Å². The van der Waals surface area contributed by atoms with Crippen molar-refractivity contribution in [3.8, 4) is 17.3 Å². The van der Waals surface area contributed by atoms with Crippen molar-refractivity contribution >= 4 is 40.0 Å². The van der Waals surface area contributed by atoms with Crippen molar-refractivity contribution in [2.75, 3.05) is 54.9 Å². The number of benzene rings is 2. The van der Waals surface area contributed by atoms with Gasteiger partial charge in [0.1, 0.15) is 17.3 Å². The highest BCUT2D eigenvalue weighted by molar-refractivity contribution is 5.99. The lowest BCUT2D eigenvalue weighted by Crippen LogP contribution is -2.47.